The Morgan fingerprint density at radius 2 is 0.944 bits per heavy atom. The van der Waals surface area contributed by atoms with E-state index in [1.54, 1.807) is 82.9 Å². The Morgan fingerprint density at radius 1 is 0.533 bits per heavy atom. The number of aryl methyl sites for hydroxylation is 7. The van der Waals surface area contributed by atoms with Crippen molar-refractivity contribution in [1.29, 1.82) is 20.6 Å². The number of benzene rings is 3. The predicted octanol–water partition coefficient (Wildman–Crippen LogP) is 9.02. The van der Waals surface area contributed by atoms with Crippen LogP contribution in [0.2, 0.25) is 0 Å². The Morgan fingerprint density at radius 3 is 1.47 bits per heavy atom. The molecule has 9 heterocycles. The third-order valence-electron chi connectivity index (χ3n) is 15.4. The fraction of sp³-hybridized carbons (Fsp3) is 0.286. The van der Waals surface area contributed by atoms with Gasteiger partial charge in [-0.15, -0.1) is 5.10 Å². The van der Waals surface area contributed by atoms with Crippen LogP contribution in [0, 0.1) is 59.5 Å². The summed E-state index contributed by atoms with van der Waals surface area (Å²) in [5.74, 6) is 2.87. The molecule has 3 aromatic carbocycles. The summed E-state index contributed by atoms with van der Waals surface area (Å²) in [6.07, 6.45) is 3.56. The monoisotopic (exact) mass is 1250 g/mol. The molecule has 4 atom stereocenters. The fourth-order valence-electron chi connectivity index (χ4n) is 10.8. The zero-order valence-electron chi connectivity index (χ0n) is 51.1. The Labute approximate surface area is 520 Å². The van der Waals surface area contributed by atoms with Gasteiger partial charge in [0, 0.05) is 103 Å². The van der Waals surface area contributed by atoms with Gasteiger partial charge in [-0.3, -0.25) is 14.0 Å². The van der Waals surface area contributed by atoms with Gasteiger partial charge in [0.05, 0.1) is 43.0 Å². The van der Waals surface area contributed by atoms with Crippen LogP contribution < -0.4 is 40.9 Å². The van der Waals surface area contributed by atoms with E-state index in [9.17, 15) is 28.4 Å². The summed E-state index contributed by atoms with van der Waals surface area (Å²) in [5, 5.41) is 42.2. The van der Waals surface area contributed by atoms with Crippen molar-refractivity contribution in [1.82, 2.24) is 48.6 Å². The van der Waals surface area contributed by atoms with Crippen molar-refractivity contribution in [3.05, 3.63) is 153 Å². The van der Waals surface area contributed by atoms with Crippen molar-refractivity contribution in [3.8, 4) is 80.5 Å². The number of rotatable bonds is 0. The van der Waals surface area contributed by atoms with E-state index in [4.69, 9.17) is 45.7 Å². The van der Waals surface area contributed by atoms with Crippen LogP contribution >= 0.6 is 0 Å². The number of hydrogen-bond donors (Lipinski definition) is 4. The molecule has 7 N–H and O–H groups in total. The highest BCUT2D eigenvalue weighted by Gasteiger charge is 2.32. The summed E-state index contributed by atoms with van der Waals surface area (Å²) in [6, 6.07) is 28.3. The number of nitrogens with two attached hydrogens (primary N) is 3. The molecule has 9 aromatic rings. The minimum absolute atomic E-state index is 0.0184. The van der Waals surface area contributed by atoms with Crippen LogP contribution in [-0.2, 0) is 53.9 Å². The van der Waals surface area contributed by atoms with Gasteiger partial charge in [0.15, 0.2) is 34.7 Å². The summed E-state index contributed by atoms with van der Waals surface area (Å²) in [4.78, 5) is 13.4. The minimum Gasteiger partial charge on any atom is -0.490 e. The number of nitrogen functional groups attached to an aromatic ring is 3. The molecule has 0 amide bonds. The number of aromatic nitrogens is 9. The second kappa shape index (κ2) is 24.9. The number of nitrogens with one attached hydrogen (secondary N) is 1. The van der Waals surface area contributed by atoms with Gasteiger partial charge in [-0.1, -0.05) is 47.0 Å². The Bertz CT molecular complexity index is 4690. The van der Waals surface area contributed by atoms with Crippen LogP contribution in [0.25, 0.3) is 33.4 Å². The number of sulfonamides is 1. The maximum atomic E-state index is 13.5. The van der Waals surface area contributed by atoms with Gasteiger partial charge < -0.3 is 40.9 Å². The minimum atomic E-state index is -3.87. The molecule has 0 radical (unpaired) electrons. The molecule has 6 bridgehead atoms. The number of pyridine rings is 3. The lowest BCUT2D eigenvalue weighted by Gasteiger charge is -2.24. The van der Waals surface area contributed by atoms with E-state index in [1.165, 1.54) is 31.6 Å². The normalized spacial score (nSPS) is 18.1. The smallest absolute Gasteiger partial charge is 0.243 e. The van der Waals surface area contributed by atoms with E-state index in [0.717, 1.165) is 22.3 Å². The van der Waals surface area contributed by atoms with Crippen LogP contribution in [0.15, 0.2) is 101 Å². The third kappa shape index (κ3) is 12.2. The first-order chi connectivity index (χ1) is 42.8. The van der Waals surface area contributed by atoms with Crippen molar-refractivity contribution in [2.45, 2.75) is 82.6 Å². The lowest BCUT2D eigenvalue weighted by molar-refractivity contribution is 0.195. The molecule has 90 heavy (non-hydrogen) atoms. The highest BCUT2D eigenvalue weighted by molar-refractivity contribution is 7.92. The van der Waals surface area contributed by atoms with Gasteiger partial charge in [-0.2, -0.15) is 30.3 Å². The first-order valence-corrected chi connectivity index (χ1v) is 31.5. The molecule has 6 aromatic heterocycles. The molecule has 0 spiro atoms. The Kier molecular flexibility index (Phi) is 17.3. The average Bonchev–Trinajstić information content (AvgIpc) is 1.45. The molecule has 3 aliphatic rings. The van der Waals surface area contributed by atoms with Gasteiger partial charge >= 0.3 is 0 Å². The highest BCUT2D eigenvalue weighted by atomic mass is 32.2. The summed E-state index contributed by atoms with van der Waals surface area (Å²) < 4.78 is 84.8. The molecule has 12 rings (SSSR count). The van der Waals surface area contributed by atoms with E-state index in [1.807, 2.05) is 65.0 Å². The maximum absolute atomic E-state index is 13.5. The fourth-order valence-corrected chi connectivity index (χ4v) is 13.8. The van der Waals surface area contributed by atoms with Crippen LogP contribution in [0.3, 0.4) is 0 Å². The molecule has 462 valence electrons. The second-order valence-corrected chi connectivity index (χ2v) is 26.1. The standard InChI is InChI=1S/C21H22N6O3S.C21H22N6O2S.C21H21N5O3/c1-12-5-6-19-15(7-12)13(2)30-18-8-14(10-24-21(18)23)20-16(11-26(3)31(19,28)29)25-27(4)17(20)9-22;1-12-4-5-19-15(8-12)13(2)29-18-9-14(11-25-21(18)23)20-16(6-7-30(19,24)28)26-27(3)17(20)10-22;1-12-4-5-17-15(8-12)13(2)29-18-9-14(11-24-20(18)23)19-16(10-22)26(3)25-21(19)28-7-6-27-17/h5-8,10,13H,11H2,1-4H3,(H2,23,24);4-5,8-9,11,13,24H,6-7H2,1-3H3,(H2,23,25);4-5,8-9,11,13H,6-7H2,1-3H3,(H2,23,24)/t13-;13-,30?;13-/m111/s1. The molecule has 0 saturated heterocycles. The van der Waals surface area contributed by atoms with Gasteiger partial charge in [0.25, 0.3) is 0 Å². The second-order valence-electron chi connectivity index (χ2n) is 21.9. The van der Waals surface area contributed by atoms with Crippen molar-refractivity contribution < 1.29 is 36.3 Å². The lowest BCUT2D eigenvalue weighted by Crippen LogP contribution is -2.28. The van der Waals surface area contributed by atoms with Crippen LogP contribution in [0.4, 0.5) is 17.5 Å². The highest BCUT2D eigenvalue weighted by Crippen LogP contribution is 2.42. The Hall–Kier alpha value is -10.5. The van der Waals surface area contributed by atoms with E-state index in [0.29, 0.717) is 113 Å². The maximum Gasteiger partial charge on any atom is 0.243 e. The number of anilines is 3. The quantitative estimate of drug-likeness (QED) is 0.110. The summed E-state index contributed by atoms with van der Waals surface area (Å²) in [5.41, 5.74) is 28.8. The van der Waals surface area contributed by atoms with E-state index in [-0.39, 0.29) is 53.8 Å². The van der Waals surface area contributed by atoms with Gasteiger partial charge in [-0.05, 0) is 84.0 Å². The number of nitriles is 3. The predicted molar refractivity (Wildman–Crippen MR) is 335 cm³/mol. The zero-order valence-corrected chi connectivity index (χ0v) is 52.7. The van der Waals surface area contributed by atoms with Gasteiger partial charge in [0.2, 0.25) is 15.9 Å². The van der Waals surface area contributed by atoms with Crippen molar-refractivity contribution in [2.75, 3.05) is 43.2 Å². The number of fused-ring (bicyclic) bond motifs is 15. The first kappa shape index (κ1) is 62.5. The summed E-state index contributed by atoms with van der Waals surface area (Å²) >= 11 is 0. The summed E-state index contributed by atoms with van der Waals surface area (Å²) in [6.45, 7) is 11.9. The van der Waals surface area contributed by atoms with Crippen molar-refractivity contribution in [2.24, 2.45) is 21.1 Å². The third-order valence-corrected chi connectivity index (χ3v) is 19.2. The molecule has 0 aliphatic carbocycles. The Balaban J connectivity index is 0.000000149. The molecular weight excluding hydrogens is 1190 g/mol. The zero-order chi connectivity index (χ0) is 64.7. The van der Waals surface area contributed by atoms with Crippen molar-refractivity contribution >= 4 is 37.2 Å². The first-order valence-electron chi connectivity index (χ1n) is 28.3. The molecule has 27 heteroatoms. The number of hydrogen-bond acceptors (Lipinski definition) is 21. The largest absolute Gasteiger partial charge is 0.490 e. The molecule has 0 fully saturated rings. The van der Waals surface area contributed by atoms with Gasteiger partial charge in [0.1, 0.15) is 72.6 Å². The van der Waals surface area contributed by atoms with Crippen molar-refractivity contribution in [3.63, 3.8) is 0 Å². The lowest BCUT2D eigenvalue weighted by atomic mass is 10.0. The molecule has 0 saturated carbocycles. The molecule has 1 unspecified atom stereocenters. The van der Waals surface area contributed by atoms with Crippen LogP contribution in [-0.4, -0.2) is 87.2 Å². The molecular formula is C63H65N17O8S2. The topological polar surface area (TPSA) is 366 Å². The van der Waals surface area contributed by atoms with Gasteiger partial charge in [-0.25, -0.2) is 32.4 Å². The van der Waals surface area contributed by atoms with Crippen LogP contribution in [0.1, 0.15) is 101 Å². The van der Waals surface area contributed by atoms with E-state index < -0.39 is 32.0 Å². The SMILES string of the molecule is Cc1ccc2c(c1)[C@@H](C)Oc1cc(cnc1N)-c1c(nn(C)c1C#N)CCS2(=N)=O.Cc1ccc2c(c1)[C@@H](C)Oc1cc(cnc1N)-c1c(nn(C)c1C#N)CN(C)S2(=O)=O.Cc1ccc2c(c1)[C@@H](C)Oc1cc(cnc1N)-c1c(nn(C)c1C#N)OCCO2. The molecule has 3 aliphatic heterocycles. The van der Waals surface area contributed by atoms with E-state index >= 15 is 0 Å². The number of nitrogens with zero attached hydrogens (tertiary/aromatic N) is 13. The summed E-state index contributed by atoms with van der Waals surface area (Å²) in [7, 11) is -0.480. The molecule has 25 nitrogen and oxygen atoms in total. The van der Waals surface area contributed by atoms with Crippen LogP contribution in [0.5, 0.6) is 28.9 Å². The number of ether oxygens (including phenoxy) is 5. The average molecular weight is 1250 g/mol. The van der Waals surface area contributed by atoms with E-state index in [2.05, 4.69) is 48.5 Å².